The highest BCUT2D eigenvalue weighted by Crippen LogP contribution is 2.07. The molecule has 9 heteroatoms. The third-order valence-electron chi connectivity index (χ3n) is 2.22. The highest BCUT2D eigenvalue weighted by molar-refractivity contribution is 7.80. The maximum absolute atomic E-state index is 9.32. The van der Waals surface area contributed by atoms with Crippen molar-refractivity contribution < 1.29 is 10.2 Å². The lowest BCUT2D eigenvalue weighted by Gasteiger charge is -2.19. The van der Waals surface area contributed by atoms with Gasteiger partial charge in [0.1, 0.15) is 0 Å². The van der Waals surface area contributed by atoms with E-state index in [0.717, 1.165) is 11.4 Å². The highest BCUT2D eigenvalue weighted by Gasteiger charge is 2.11. The zero-order valence-electron chi connectivity index (χ0n) is 11.3. The molecule has 1 heterocycles. The summed E-state index contributed by atoms with van der Waals surface area (Å²) in [5, 5.41) is 28.9. The standard InChI is InChI=1S/C10H14N4OS.CH3NOS/c1-8-6-9(13(2)12-8)7-14(10(15)16)5-3-4-11;2-1(3)4/h6H,3,5,7H2,1-2H3,(H,15,16);(H3,2,3,4). The monoisotopic (exact) mass is 315 g/mol. The summed E-state index contributed by atoms with van der Waals surface area (Å²) in [5.41, 5.74) is 6.27. The first-order valence-corrected chi connectivity index (χ1v) is 6.42. The van der Waals surface area contributed by atoms with E-state index in [-0.39, 0.29) is 5.17 Å². The van der Waals surface area contributed by atoms with Gasteiger partial charge in [0.15, 0.2) is 0 Å². The molecule has 0 bridgehead atoms. The fraction of sp³-hybridized carbons (Fsp3) is 0.455. The van der Waals surface area contributed by atoms with E-state index < -0.39 is 5.17 Å². The van der Waals surface area contributed by atoms with Gasteiger partial charge in [-0.05, 0) is 37.4 Å². The van der Waals surface area contributed by atoms with Crippen LogP contribution in [0, 0.1) is 18.3 Å². The summed E-state index contributed by atoms with van der Waals surface area (Å²) in [4.78, 5) is 1.58. The minimum absolute atomic E-state index is 0.186. The van der Waals surface area contributed by atoms with Gasteiger partial charge in [0.05, 0.1) is 30.4 Å². The van der Waals surface area contributed by atoms with E-state index in [0.29, 0.717) is 19.5 Å². The number of nitrogens with two attached hydrogens (primary N) is 1. The largest absolute Gasteiger partial charge is 0.487 e. The molecule has 20 heavy (non-hydrogen) atoms. The lowest BCUT2D eigenvalue weighted by Crippen LogP contribution is -2.30. The van der Waals surface area contributed by atoms with E-state index in [1.54, 1.807) is 9.58 Å². The summed E-state index contributed by atoms with van der Waals surface area (Å²) in [5.74, 6) is 0. The molecule has 0 unspecified atom stereocenters. The number of aryl methyl sites for hydroxylation is 2. The minimum atomic E-state index is -0.500. The van der Waals surface area contributed by atoms with Gasteiger partial charge in [0.25, 0.3) is 10.3 Å². The zero-order chi connectivity index (χ0) is 15.7. The minimum Gasteiger partial charge on any atom is -0.487 e. The van der Waals surface area contributed by atoms with Crippen molar-refractivity contribution in [1.82, 2.24) is 14.7 Å². The van der Waals surface area contributed by atoms with Crippen LogP contribution in [-0.2, 0) is 13.6 Å². The number of aliphatic hydroxyl groups excluding tert-OH is 2. The summed E-state index contributed by atoms with van der Waals surface area (Å²) in [6, 6.07) is 3.95. The number of rotatable bonds is 4. The summed E-state index contributed by atoms with van der Waals surface area (Å²) < 4.78 is 1.74. The molecule has 0 fully saturated rings. The molecular weight excluding hydrogens is 298 g/mol. The van der Waals surface area contributed by atoms with Gasteiger partial charge in [-0.3, -0.25) is 4.68 Å². The third-order valence-corrected chi connectivity index (χ3v) is 2.47. The fourth-order valence-electron chi connectivity index (χ4n) is 1.44. The van der Waals surface area contributed by atoms with E-state index >= 15 is 0 Å². The van der Waals surface area contributed by atoms with Crippen molar-refractivity contribution in [3.05, 3.63) is 17.5 Å². The van der Waals surface area contributed by atoms with Gasteiger partial charge in [-0.15, -0.1) is 0 Å². The Morgan fingerprint density at radius 1 is 1.55 bits per heavy atom. The molecule has 0 aromatic carbocycles. The first kappa shape index (κ1) is 18.1. The number of hydrogen-bond donors (Lipinski definition) is 3. The molecule has 0 saturated carbocycles. The van der Waals surface area contributed by atoms with Crippen molar-refractivity contribution in [2.45, 2.75) is 19.9 Å². The van der Waals surface area contributed by atoms with Crippen molar-refractivity contribution in [3.8, 4) is 6.07 Å². The van der Waals surface area contributed by atoms with Crippen molar-refractivity contribution in [3.63, 3.8) is 0 Å². The van der Waals surface area contributed by atoms with Gasteiger partial charge in [-0.25, -0.2) is 0 Å². The van der Waals surface area contributed by atoms with Crippen LogP contribution in [0.1, 0.15) is 17.8 Å². The average Bonchev–Trinajstić information content (AvgIpc) is 2.62. The molecule has 1 rings (SSSR count). The number of aromatic nitrogens is 2. The first-order valence-electron chi connectivity index (χ1n) is 5.60. The molecule has 4 N–H and O–H groups in total. The maximum atomic E-state index is 9.32. The molecule has 7 nitrogen and oxygen atoms in total. The van der Waals surface area contributed by atoms with E-state index in [2.05, 4.69) is 23.1 Å². The summed E-state index contributed by atoms with van der Waals surface area (Å²) >= 11 is 8.59. The second-order valence-electron chi connectivity index (χ2n) is 3.85. The second-order valence-corrected chi connectivity index (χ2v) is 4.63. The van der Waals surface area contributed by atoms with Crippen LogP contribution >= 0.6 is 24.4 Å². The lowest BCUT2D eigenvalue weighted by atomic mass is 10.3. The Labute approximate surface area is 128 Å². The van der Waals surface area contributed by atoms with Crippen molar-refractivity contribution in [1.29, 1.82) is 5.26 Å². The molecule has 110 valence electrons. The Kier molecular flexibility index (Phi) is 8.19. The number of nitriles is 1. The van der Waals surface area contributed by atoms with Crippen LogP contribution < -0.4 is 5.73 Å². The Bertz CT molecular complexity index is 505. The predicted octanol–water partition coefficient (Wildman–Crippen LogP) is 1.08. The quantitative estimate of drug-likeness (QED) is 0.708. The van der Waals surface area contributed by atoms with Crippen LogP contribution in [0.4, 0.5) is 0 Å². The number of aliphatic hydroxyl groups is 2. The van der Waals surface area contributed by atoms with E-state index in [1.807, 2.05) is 26.1 Å². The van der Waals surface area contributed by atoms with Crippen LogP contribution in [0.2, 0.25) is 0 Å². The summed E-state index contributed by atoms with van der Waals surface area (Å²) in [6.07, 6.45) is 0.331. The lowest BCUT2D eigenvalue weighted by molar-refractivity contribution is 0.336. The van der Waals surface area contributed by atoms with Gasteiger partial charge < -0.3 is 20.8 Å². The van der Waals surface area contributed by atoms with Crippen LogP contribution in [0.3, 0.4) is 0 Å². The molecule has 1 aromatic heterocycles. The van der Waals surface area contributed by atoms with Gasteiger partial charge in [-0.1, -0.05) is 0 Å². The second kappa shape index (κ2) is 9.06. The number of hydrogen-bond acceptors (Lipinski definition) is 4. The molecule has 0 saturated heterocycles. The average molecular weight is 315 g/mol. The molecule has 0 aliphatic rings. The van der Waals surface area contributed by atoms with Gasteiger partial charge in [-0.2, -0.15) is 10.4 Å². The van der Waals surface area contributed by atoms with E-state index in [9.17, 15) is 5.11 Å². The Morgan fingerprint density at radius 2 is 2.10 bits per heavy atom. The fourth-order valence-corrected chi connectivity index (χ4v) is 1.59. The van der Waals surface area contributed by atoms with Crippen molar-refractivity contribution >= 4 is 34.8 Å². The Morgan fingerprint density at radius 3 is 2.45 bits per heavy atom. The van der Waals surface area contributed by atoms with E-state index in [4.69, 9.17) is 22.6 Å². The molecule has 0 spiro atoms. The maximum Gasteiger partial charge on any atom is 0.257 e. The van der Waals surface area contributed by atoms with Crippen LogP contribution in [0.5, 0.6) is 0 Å². The molecular formula is C11H17N5O2S2. The molecule has 0 aliphatic carbocycles. The Balaban J connectivity index is 0.000000796. The normalized spacial score (nSPS) is 9.05. The van der Waals surface area contributed by atoms with Gasteiger partial charge in [0, 0.05) is 13.6 Å². The zero-order valence-corrected chi connectivity index (χ0v) is 12.9. The molecule has 0 aliphatic heterocycles. The molecule has 0 radical (unpaired) electrons. The van der Waals surface area contributed by atoms with Crippen LogP contribution in [0.25, 0.3) is 0 Å². The van der Waals surface area contributed by atoms with E-state index in [1.165, 1.54) is 0 Å². The highest BCUT2D eigenvalue weighted by atomic mass is 32.1. The number of nitrogens with zero attached hydrogens (tertiary/aromatic N) is 4. The van der Waals surface area contributed by atoms with Crippen molar-refractivity contribution in [2.24, 2.45) is 12.8 Å². The van der Waals surface area contributed by atoms with Crippen LogP contribution in [-0.4, -0.2) is 41.8 Å². The molecule has 0 atom stereocenters. The molecule has 1 aromatic rings. The SMILES string of the molecule is Cc1cc(CN(CCC#N)C(O)=S)n(C)n1.NC(O)=S. The number of thiocarbonyl (C=S) groups is 2. The summed E-state index contributed by atoms with van der Waals surface area (Å²) in [7, 11) is 1.84. The third kappa shape index (κ3) is 7.50. The predicted molar refractivity (Wildman–Crippen MR) is 83.2 cm³/mol. The smallest absolute Gasteiger partial charge is 0.257 e. The Hall–Kier alpha value is -1.92. The van der Waals surface area contributed by atoms with Gasteiger partial charge >= 0.3 is 0 Å². The van der Waals surface area contributed by atoms with Crippen molar-refractivity contribution in [2.75, 3.05) is 6.54 Å². The van der Waals surface area contributed by atoms with Gasteiger partial charge in [0.2, 0.25) is 0 Å². The molecule has 0 amide bonds. The summed E-state index contributed by atoms with van der Waals surface area (Å²) in [6.45, 7) is 2.80. The first-order chi connectivity index (χ1) is 9.27. The van der Waals surface area contributed by atoms with Crippen LogP contribution in [0.15, 0.2) is 6.07 Å². The topological polar surface area (TPSA) is 111 Å².